The van der Waals surface area contributed by atoms with E-state index in [4.69, 9.17) is 10.1 Å². The molecular formula is C9H10BrNO2. The molecule has 1 aromatic carbocycles. The summed E-state index contributed by atoms with van der Waals surface area (Å²) < 4.78 is 5.78. The lowest BCUT2D eigenvalue weighted by Crippen LogP contribution is -2.04. The normalized spacial score (nSPS) is 9.69. The largest absolute Gasteiger partial charge is 0.507 e. The third kappa shape index (κ3) is 2.45. The molecule has 0 fully saturated rings. The van der Waals surface area contributed by atoms with Crippen LogP contribution in [0.15, 0.2) is 22.7 Å². The summed E-state index contributed by atoms with van der Waals surface area (Å²) in [5.41, 5.74) is 0.399. The monoisotopic (exact) mass is 243 g/mol. The van der Waals surface area contributed by atoms with Crippen molar-refractivity contribution in [2.75, 3.05) is 6.61 Å². The molecule has 0 unspecified atom stereocenters. The molecule has 0 spiro atoms. The number of benzene rings is 1. The van der Waals surface area contributed by atoms with Crippen molar-refractivity contribution < 1.29 is 9.84 Å². The molecule has 1 aromatic rings. The van der Waals surface area contributed by atoms with Crippen molar-refractivity contribution in [2.24, 2.45) is 0 Å². The zero-order valence-corrected chi connectivity index (χ0v) is 8.76. The second kappa shape index (κ2) is 4.28. The summed E-state index contributed by atoms with van der Waals surface area (Å²) in [4.78, 5) is 0. The van der Waals surface area contributed by atoms with E-state index in [2.05, 4.69) is 15.9 Å². The molecule has 0 atom stereocenters. The van der Waals surface area contributed by atoms with Crippen molar-refractivity contribution in [2.45, 2.75) is 6.92 Å². The molecule has 4 heteroatoms. The summed E-state index contributed by atoms with van der Waals surface area (Å²) >= 11 is 3.25. The average Bonchev–Trinajstić information content (AvgIpc) is 2.09. The van der Waals surface area contributed by atoms with Gasteiger partial charge in [0.1, 0.15) is 5.75 Å². The van der Waals surface area contributed by atoms with E-state index in [9.17, 15) is 5.11 Å². The Labute approximate surface area is 85.0 Å². The molecule has 0 aliphatic rings. The summed E-state index contributed by atoms with van der Waals surface area (Å²) in [6, 6.07) is 4.87. The number of nitrogens with one attached hydrogen (secondary N) is 1. The zero-order valence-electron chi connectivity index (χ0n) is 7.17. The van der Waals surface area contributed by atoms with Crippen LogP contribution in [0.1, 0.15) is 12.5 Å². The van der Waals surface area contributed by atoms with Gasteiger partial charge >= 0.3 is 0 Å². The number of phenols is 1. The Balaban J connectivity index is 2.99. The Morgan fingerprint density at radius 2 is 2.31 bits per heavy atom. The molecule has 0 amide bonds. The highest BCUT2D eigenvalue weighted by Crippen LogP contribution is 2.22. The van der Waals surface area contributed by atoms with Crippen LogP contribution in [0.4, 0.5) is 0 Å². The van der Waals surface area contributed by atoms with E-state index < -0.39 is 0 Å². The van der Waals surface area contributed by atoms with E-state index in [0.29, 0.717) is 12.2 Å². The first-order valence-corrected chi connectivity index (χ1v) is 4.64. The van der Waals surface area contributed by atoms with Gasteiger partial charge in [-0.25, -0.2) is 0 Å². The molecule has 70 valence electrons. The first kappa shape index (κ1) is 10.1. The van der Waals surface area contributed by atoms with E-state index in [0.717, 1.165) is 4.47 Å². The van der Waals surface area contributed by atoms with E-state index >= 15 is 0 Å². The van der Waals surface area contributed by atoms with Gasteiger partial charge in [-0.1, -0.05) is 15.9 Å². The molecule has 0 bridgehead atoms. The summed E-state index contributed by atoms with van der Waals surface area (Å²) in [7, 11) is 0. The minimum atomic E-state index is -0.0127. The highest BCUT2D eigenvalue weighted by atomic mass is 79.9. The van der Waals surface area contributed by atoms with E-state index in [1.54, 1.807) is 19.1 Å². The lowest BCUT2D eigenvalue weighted by atomic mass is 10.2. The van der Waals surface area contributed by atoms with Gasteiger partial charge < -0.3 is 9.84 Å². The first-order valence-electron chi connectivity index (χ1n) is 3.85. The highest BCUT2D eigenvalue weighted by molar-refractivity contribution is 9.10. The van der Waals surface area contributed by atoms with Crippen LogP contribution in [-0.2, 0) is 4.74 Å². The van der Waals surface area contributed by atoms with Gasteiger partial charge in [0.25, 0.3) is 0 Å². The number of rotatable bonds is 2. The maximum Gasteiger partial charge on any atom is 0.217 e. The van der Waals surface area contributed by atoms with Gasteiger partial charge in [-0.3, -0.25) is 5.41 Å². The van der Waals surface area contributed by atoms with Crippen LogP contribution in [0.2, 0.25) is 0 Å². The third-order valence-corrected chi connectivity index (χ3v) is 1.99. The molecular weight excluding hydrogens is 234 g/mol. The molecule has 2 N–H and O–H groups in total. The molecule has 0 saturated carbocycles. The second-order valence-corrected chi connectivity index (χ2v) is 3.34. The lowest BCUT2D eigenvalue weighted by Gasteiger charge is -2.06. The summed E-state index contributed by atoms with van der Waals surface area (Å²) in [5.74, 6) is 0.0444. The van der Waals surface area contributed by atoms with Crippen LogP contribution >= 0.6 is 15.9 Å². The summed E-state index contributed by atoms with van der Waals surface area (Å²) in [5, 5.41) is 16.9. The highest BCUT2D eigenvalue weighted by Gasteiger charge is 2.08. The Morgan fingerprint density at radius 3 is 2.92 bits per heavy atom. The maximum absolute atomic E-state index is 9.39. The fourth-order valence-corrected chi connectivity index (χ4v) is 1.27. The molecule has 0 aliphatic carbocycles. The quantitative estimate of drug-likeness (QED) is 0.620. The van der Waals surface area contributed by atoms with Gasteiger partial charge in [0.05, 0.1) is 12.2 Å². The number of phenolic OH excluding ortho intramolecular Hbond substituents is 1. The van der Waals surface area contributed by atoms with Gasteiger partial charge in [0, 0.05) is 4.47 Å². The molecule has 0 aliphatic heterocycles. The van der Waals surface area contributed by atoms with Crippen molar-refractivity contribution in [3.8, 4) is 5.75 Å². The first-order chi connectivity index (χ1) is 6.15. The number of hydrogen-bond acceptors (Lipinski definition) is 3. The fraction of sp³-hybridized carbons (Fsp3) is 0.222. The van der Waals surface area contributed by atoms with Crippen molar-refractivity contribution in [3.63, 3.8) is 0 Å². The van der Waals surface area contributed by atoms with Crippen LogP contribution in [-0.4, -0.2) is 17.6 Å². The second-order valence-electron chi connectivity index (χ2n) is 2.42. The van der Waals surface area contributed by atoms with Gasteiger partial charge in [-0.05, 0) is 25.1 Å². The van der Waals surface area contributed by atoms with E-state index in [1.807, 2.05) is 0 Å². The minimum absolute atomic E-state index is 0.0127. The topological polar surface area (TPSA) is 53.3 Å². The lowest BCUT2D eigenvalue weighted by molar-refractivity contribution is 0.324. The predicted octanol–water partition coefficient (Wildman–Crippen LogP) is 2.52. The maximum atomic E-state index is 9.39. The Kier molecular flexibility index (Phi) is 3.31. The van der Waals surface area contributed by atoms with Gasteiger partial charge in [0.15, 0.2) is 0 Å². The van der Waals surface area contributed by atoms with E-state index in [-0.39, 0.29) is 11.6 Å². The van der Waals surface area contributed by atoms with Crippen LogP contribution in [0.3, 0.4) is 0 Å². The van der Waals surface area contributed by atoms with Crippen molar-refractivity contribution in [1.29, 1.82) is 5.41 Å². The van der Waals surface area contributed by atoms with Crippen molar-refractivity contribution in [3.05, 3.63) is 28.2 Å². The number of halogens is 1. The molecule has 0 heterocycles. The number of hydrogen-bond donors (Lipinski definition) is 2. The van der Waals surface area contributed by atoms with Crippen molar-refractivity contribution in [1.82, 2.24) is 0 Å². The standard InChI is InChI=1S/C9H10BrNO2/c1-2-13-9(11)7-5-6(10)3-4-8(7)12/h3-5,11-12H,2H2,1H3. The van der Waals surface area contributed by atoms with Crippen LogP contribution < -0.4 is 0 Å². The van der Waals surface area contributed by atoms with Gasteiger partial charge in [0.2, 0.25) is 5.90 Å². The Bertz CT molecular complexity index is 325. The zero-order chi connectivity index (χ0) is 9.84. The minimum Gasteiger partial charge on any atom is -0.507 e. The summed E-state index contributed by atoms with van der Waals surface area (Å²) in [6.07, 6.45) is 0. The van der Waals surface area contributed by atoms with E-state index in [1.165, 1.54) is 6.07 Å². The molecule has 0 aromatic heterocycles. The summed E-state index contributed by atoms with van der Waals surface area (Å²) in [6.45, 7) is 2.22. The fourth-order valence-electron chi connectivity index (χ4n) is 0.912. The Morgan fingerprint density at radius 1 is 1.62 bits per heavy atom. The van der Waals surface area contributed by atoms with Crippen LogP contribution in [0, 0.1) is 5.41 Å². The molecule has 1 rings (SSSR count). The Hall–Kier alpha value is -1.03. The molecule has 13 heavy (non-hydrogen) atoms. The number of aromatic hydroxyl groups is 1. The van der Waals surface area contributed by atoms with Crippen LogP contribution in [0.5, 0.6) is 5.75 Å². The molecule has 3 nitrogen and oxygen atoms in total. The average molecular weight is 244 g/mol. The smallest absolute Gasteiger partial charge is 0.217 e. The van der Waals surface area contributed by atoms with Crippen LogP contribution in [0.25, 0.3) is 0 Å². The third-order valence-electron chi connectivity index (χ3n) is 1.49. The van der Waals surface area contributed by atoms with Gasteiger partial charge in [-0.15, -0.1) is 0 Å². The van der Waals surface area contributed by atoms with Crippen molar-refractivity contribution >= 4 is 21.8 Å². The predicted molar refractivity (Wildman–Crippen MR) is 54.3 cm³/mol. The molecule has 0 saturated heterocycles. The SMILES string of the molecule is CCOC(=N)c1cc(Br)ccc1O. The van der Waals surface area contributed by atoms with Gasteiger partial charge in [-0.2, -0.15) is 0 Å². The number of ether oxygens (including phenoxy) is 1. The molecule has 0 radical (unpaired) electrons.